The number of nitrogens with zero attached hydrogens (tertiary/aromatic N) is 1. The molecule has 0 aliphatic rings. The van der Waals surface area contributed by atoms with Crippen LogP contribution in [0.2, 0.25) is 10.0 Å². The second kappa shape index (κ2) is 13.8. The van der Waals surface area contributed by atoms with Gasteiger partial charge in [0.25, 0.3) is 5.91 Å². The molecule has 8 heteroatoms. The van der Waals surface area contributed by atoms with Gasteiger partial charge in [0.2, 0.25) is 5.91 Å². The molecule has 0 saturated carbocycles. The Bertz CT molecular complexity index is 955. The minimum absolute atomic E-state index is 0.174. The topological polar surface area (TPSA) is 58.6 Å². The number of amides is 2. The van der Waals surface area contributed by atoms with Crippen molar-refractivity contribution in [2.45, 2.75) is 59.0 Å². The largest absolute Gasteiger partial charge is 0.483 e. The van der Waals surface area contributed by atoms with Gasteiger partial charge < -0.3 is 15.0 Å². The molecule has 0 radical (unpaired) electrons. The Labute approximate surface area is 214 Å². The summed E-state index contributed by atoms with van der Waals surface area (Å²) in [7, 11) is 0. The van der Waals surface area contributed by atoms with Gasteiger partial charge in [-0.25, -0.2) is 0 Å². The van der Waals surface area contributed by atoms with Crippen molar-refractivity contribution in [1.82, 2.24) is 10.2 Å². The fourth-order valence-corrected chi connectivity index (χ4v) is 4.37. The molecule has 2 rings (SSSR count). The Morgan fingerprint density at radius 3 is 2.48 bits per heavy atom. The molecule has 0 spiro atoms. The normalized spacial score (nSPS) is 11.7. The van der Waals surface area contributed by atoms with Gasteiger partial charge in [-0.2, -0.15) is 0 Å². The molecule has 0 unspecified atom stereocenters. The Hall–Kier alpha value is -1.76. The number of hydrogen-bond acceptors (Lipinski definition) is 3. The molecule has 2 aromatic carbocycles. The quantitative estimate of drug-likeness (QED) is 0.306. The number of carbonyl (C=O) groups excluding carboxylic acids is 2. The van der Waals surface area contributed by atoms with Crippen molar-refractivity contribution < 1.29 is 14.3 Å². The second-order valence-electron chi connectivity index (χ2n) is 7.73. The van der Waals surface area contributed by atoms with E-state index in [1.165, 1.54) is 4.90 Å². The van der Waals surface area contributed by atoms with E-state index >= 15 is 0 Å². The molecule has 0 aliphatic heterocycles. The zero-order chi connectivity index (χ0) is 24.4. The monoisotopic (exact) mass is 556 g/mol. The van der Waals surface area contributed by atoms with Crippen LogP contribution in [0.3, 0.4) is 0 Å². The van der Waals surface area contributed by atoms with Crippen molar-refractivity contribution in [3.05, 3.63) is 62.0 Å². The Balaban J connectivity index is 2.23. The first-order valence-electron chi connectivity index (χ1n) is 11.2. The molecular weight excluding hydrogens is 527 g/mol. The molecule has 1 atom stereocenters. The fraction of sp³-hybridized carbons (Fsp3) is 0.440. The molecule has 1 N–H and O–H groups in total. The van der Waals surface area contributed by atoms with Gasteiger partial charge in [0.1, 0.15) is 11.8 Å². The lowest BCUT2D eigenvalue weighted by molar-refractivity contribution is -0.143. The molecule has 0 aromatic heterocycles. The first kappa shape index (κ1) is 27.5. The van der Waals surface area contributed by atoms with Gasteiger partial charge in [-0.3, -0.25) is 9.59 Å². The number of ether oxygens (including phenoxy) is 1. The SMILES string of the molecule is CCCCNC(=O)[C@@H](CC)N(Cc1ccc(Cl)cc1Cl)C(=O)COc1ccc(CC)cc1Br. The molecule has 5 nitrogen and oxygen atoms in total. The van der Waals surface area contributed by atoms with E-state index in [4.69, 9.17) is 27.9 Å². The second-order valence-corrected chi connectivity index (χ2v) is 9.43. The number of hydrogen-bond donors (Lipinski definition) is 1. The van der Waals surface area contributed by atoms with E-state index < -0.39 is 6.04 Å². The van der Waals surface area contributed by atoms with E-state index in [-0.39, 0.29) is 25.0 Å². The number of rotatable bonds is 12. The first-order chi connectivity index (χ1) is 15.8. The standard InChI is InChI=1S/C25H31BrCl2N2O3/c1-4-7-12-29-25(32)22(6-3)30(15-18-9-10-19(27)14-21(18)28)24(31)16-33-23-11-8-17(5-2)13-20(23)26/h8-11,13-14,22H,4-7,12,15-16H2,1-3H3,(H,29,32)/t22-/m1/s1. The maximum Gasteiger partial charge on any atom is 0.261 e. The van der Waals surface area contributed by atoms with Crippen LogP contribution in [0, 0.1) is 0 Å². The molecule has 0 fully saturated rings. The Morgan fingerprint density at radius 1 is 1.12 bits per heavy atom. The summed E-state index contributed by atoms with van der Waals surface area (Å²) in [5, 5.41) is 3.89. The fourth-order valence-electron chi connectivity index (χ4n) is 3.36. The molecule has 2 aromatic rings. The third-order valence-corrected chi connectivity index (χ3v) is 6.53. The van der Waals surface area contributed by atoms with Gasteiger partial charge in [0.05, 0.1) is 4.47 Å². The van der Waals surface area contributed by atoms with Crippen LogP contribution in [-0.4, -0.2) is 35.9 Å². The Kier molecular flexibility index (Phi) is 11.5. The average Bonchev–Trinajstić information content (AvgIpc) is 2.79. The van der Waals surface area contributed by atoms with Crippen molar-refractivity contribution in [3.63, 3.8) is 0 Å². The lowest BCUT2D eigenvalue weighted by Gasteiger charge is -2.31. The van der Waals surface area contributed by atoms with E-state index in [0.29, 0.717) is 34.3 Å². The third-order valence-electron chi connectivity index (χ3n) is 5.33. The van der Waals surface area contributed by atoms with Gasteiger partial charge in [0.15, 0.2) is 6.61 Å². The third kappa shape index (κ3) is 8.20. The molecule has 0 heterocycles. The minimum atomic E-state index is -0.643. The Morgan fingerprint density at radius 2 is 1.88 bits per heavy atom. The van der Waals surface area contributed by atoms with Crippen molar-refractivity contribution in [2.75, 3.05) is 13.2 Å². The zero-order valence-corrected chi connectivity index (χ0v) is 22.4. The van der Waals surface area contributed by atoms with Crippen LogP contribution in [0.5, 0.6) is 5.75 Å². The van der Waals surface area contributed by atoms with Crippen molar-refractivity contribution in [1.29, 1.82) is 0 Å². The highest BCUT2D eigenvalue weighted by Crippen LogP contribution is 2.27. The first-order valence-corrected chi connectivity index (χ1v) is 12.8. The number of benzene rings is 2. The van der Waals surface area contributed by atoms with E-state index in [9.17, 15) is 9.59 Å². The maximum atomic E-state index is 13.3. The van der Waals surface area contributed by atoms with Crippen LogP contribution in [0.25, 0.3) is 0 Å². The molecule has 33 heavy (non-hydrogen) atoms. The van der Waals surface area contributed by atoms with Gasteiger partial charge >= 0.3 is 0 Å². The smallest absolute Gasteiger partial charge is 0.261 e. The summed E-state index contributed by atoms with van der Waals surface area (Å²) in [5.41, 5.74) is 1.87. The number of nitrogens with one attached hydrogen (secondary N) is 1. The molecule has 2 amide bonds. The number of unbranched alkanes of at least 4 members (excludes halogenated alkanes) is 1. The molecule has 0 aliphatic carbocycles. The highest BCUT2D eigenvalue weighted by molar-refractivity contribution is 9.10. The van der Waals surface area contributed by atoms with Crippen molar-refractivity contribution in [3.8, 4) is 5.75 Å². The lowest BCUT2D eigenvalue weighted by atomic mass is 10.1. The van der Waals surface area contributed by atoms with E-state index in [0.717, 1.165) is 29.3 Å². The lowest BCUT2D eigenvalue weighted by Crippen LogP contribution is -2.50. The predicted octanol–water partition coefficient (Wildman–Crippen LogP) is 6.42. The summed E-state index contributed by atoms with van der Waals surface area (Å²) >= 11 is 15.9. The zero-order valence-electron chi connectivity index (χ0n) is 19.3. The van der Waals surface area contributed by atoms with Crippen LogP contribution in [-0.2, 0) is 22.6 Å². The average molecular weight is 558 g/mol. The van der Waals surface area contributed by atoms with E-state index in [2.05, 4.69) is 35.1 Å². The minimum Gasteiger partial charge on any atom is -0.483 e. The summed E-state index contributed by atoms with van der Waals surface area (Å²) in [6, 6.07) is 10.3. The molecule has 0 saturated heterocycles. The van der Waals surface area contributed by atoms with E-state index in [1.54, 1.807) is 18.2 Å². The number of halogens is 3. The van der Waals surface area contributed by atoms with Crippen LogP contribution in [0.15, 0.2) is 40.9 Å². The van der Waals surface area contributed by atoms with Crippen LogP contribution in [0.1, 0.15) is 51.2 Å². The van der Waals surface area contributed by atoms with Gasteiger partial charge in [-0.15, -0.1) is 0 Å². The van der Waals surface area contributed by atoms with Crippen molar-refractivity contribution >= 4 is 50.9 Å². The molecule has 180 valence electrons. The number of aryl methyl sites for hydroxylation is 1. The summed E-state index contributed by atoms with van der Waals surface area (Å²) in [4.78, 5) is 27.8. The van der Waals surface area contributed by atoms with Crippen LogP contribution < -0.4 is 10.1 Å². The highest BCUT2D eigenvalue weighted by Gasteiger charge is 2.29. The highest BCUT2D eigenvalue weighted by atomic mass is 79.9. The summed E-state index contributed by atoms with van der Waals surface area (Å²) in [5.74, 6) is 0.0910. The van der Waals surface area contributed by atoms with Gasteiger partial charge in [-0.05, 0) is 70.6 Å². The predicted molar refractivity (Wildman–Crippen MR) is 138 cm³/mol. The summed E-state index contributed by atoms with van der Waals surface area (Å²) < 4.78 is 6.60. The van der Waals surface area contributed by atoms with Crippen LogP contribution in [0.4, 0.5) is 0 Å². The molecular formula is C25H31BrCl2N2O3. The number of carbonyl (C=O) groups is 2. The van der Waals surface area contributed by atoms with Crippen molar-refractivity contribution in [2.24, 2.45) is 0 Å². The molecule has 0 bridgehead atoms. The van der Waals surface area contributed by atoms with Gasteiger partial charge in [0, 0.05) is 23.1 Å². The van der Waals surface area contributed by atoms with Crippen LogP contribution >= 0.6 is 39.1 Å². The summed E-state index contributed by atoms with van der Waals surface area (Å²) in [6.45, 7) is 6.56. The van der Waals surface area contributed by atoms with E-state index in [1.807, 2.05) is 25.1 Å². The maximum absolute atomic E-state index is 13.3. The summed E-state index contributed by atoms with van der Waals surface area (Å²) in [6.07, 6.45) is 3.21. The van der Waals surface area contributed by atoms with Gasteiger partial charge in [-0.1, -0.05) is 62.5 Å².